The van der Waals surface area contributed by atoms with Gasteiger partial charge in [0.15, 0.2) is 1.41 Å². The van der Waals surface area contributed by atoms with E-state index in [1.165, 1.54) is 17.7 Å². The van der Waals surface area contributed by atoms with Crippen LogP contribution >= 0.6 is 0 Å². The molecule has 9 nitrogen and oxygen atoms in total. The average molecular weight is 566 g/mol. The molecule has 1 aromatic heterocycles. The summed E-state index contributed by atoms with van der Waals surface area (Å²) < 4.78 is 15.3. The van der Waals surface area contributed by atoms with Crippen LogP contribution in [0.4, 0.5) is 17.2 Å². The molecule has 2 amide bonds. The van der Waals surface area contributed by atoms with E-state index in [0.29, 0.717) is 76.7 Å². The molecular formula is C33H36N6O3. The number of nitrogens with one attached hydrogen (secondary N) is 2. The van der Waals surface area contributed by atoms with Crippen LogP contribution in [0.5, 0.6) is 5.75 Å². The Hall–Kier alpha value is -4.42. The highest BCUT2D eigenvalue weighted by molar-refractivity contribution is 6.03. The normalized spacial score (nSPS) is 23.7. The van der Waals surface area contributed by atoms with Gasteiger partial charge in [0.25, 0.3) is 0 Å². The molecule has 3 atom stereocenters. The van der Waals surface area contributed by atoms with Crippen molar-refractivity contribution in [2.24, 2.45) is 17.8 Å². The van der Waals surface area contributed by atoms with E-state index in [4.69, 9.17) is 12.6 Å². The Morgan fingerprint density at radius 2 is 2.05 bits per heavy atom. The predicted molar refractivity (Wildman–Crippen MR) is 163 cm³/mol. The van der Waals surface area contributed by atoms with Crippen LogP contribution in [0.1, 0.15) is 31.2 Å². The third kappa shape index (κ3) is 5.68. The third-order valence-electron chi connectivity index (χ3n) is 8.74. The molecule has 3 aromatic rings. The standard InChI is InChI=1S/C33H36N6O3/c1-4-21-8-6-9-25(14-21)36-32-26-15-28(37-33(41)29-10-7-11-39(29)31(40)5-2)30(16-27(26)34-20-35-32)42-19-22-12-23-17-38(3)18-24(23)13-22/h1,5-6,8-9,14-16,20,22-24,29H,2,7,10-13,17-19H2,3H3,(H,37,41)(H,34,35,36)/i/hD. The fourth-order valence-corrected chi connectivity index (χ4v) is 6.80. The van der Waals surface area contributed by atoms with Crippen LogP contribution in [-0.2, 0) is 9.59 Å². The van der Waals surface area contributed by atoms with E-state index in [9.17, 15) is 9.59 Å². The van der Waals surface area contributed by atoms with Crippen molar-refractivity contribution in [3.8, 4) is 18.1 Å². The Morgan fingerprint density at radius 3 is 2.81 bits per heavy atom. The highest BCUT2D eigenvalue weighted by Crippen LogP contribution is 2.42. The predicted octanol–water partition coefficient (Wildman–Crippen LogP) is 4.44. The number of hydrogen-bond acceptors (Lipinski definition) is 7. The number of nitrogens with zero attached hydrogens (tertiary/aromatic N) is 4. The SMILES string of the molecule is [2H]N(c1cccc(C#C)c1)c1ncnc2cc(OCC3CC4CN(C)CC4C3)c(NC(=O)C3CCCN3C(=O)C=C)cc12. The van der Waals surface area contributed by atoms with Gasteiger partial charge in [-0.1, -0.05) is 18.6 Å². The second-order valence-electron chi connectivity index (χ2n) is 11.6. The van der Waals surface area contributed by atoms with Gasteiger partial charge in [0.2, 0.25) is 11.8 Å². The Morgan fingerprint density at radius 1 is 1.24 bits per heavy atom. The minimum Gasteiger partial charge on any atom is -0.491 e. The second kappa shape index (κ2) is 11.8. The maximum Gasteiger partial charge on any atom is 0.247 e. The molecular weight excluding hydrogens is 528 g/mol. The second-order valence-corrected chi connectivity index (χ2v) is 11.6. The van der Waals surface area contributed by atoms with Crippen molar-refractivity contribution in [3.05, 3.63) is 60.9 Å². The number of aromatic nitrogens is 2. The van der Waals surface area contributed by atoms with E-state index >= 15 is 0 Å². The van der Waals surface area contributed by atoms with Gasteiger partial charge >= 0.3 is 0 Å². The molecule has 0 bridgehead atoms. The van der Waals surface area contributed by atoms with Gasteiger partial charge in [0.05, 0.1) is 17.8 Å². The lowest BCUT2D eigenvalue weighted by Gasteiger charge is -2.24. The molecule has 3 fully saturated rings. The van der Waals surface area contributed by atoms with Crippen molar-refractivity contribution >= 4 is 39.9 Å². The van der Waals surface area contributed by atoms with Crippen LogP contribution < -0.4 is 15.4 Å². The number of likely N-dealkylation sites (tertiary alicyclic amines) is 2. The topological polar surface area (TPSA) is 99.7 Å². The number of terminal acetylenes is 1. The van der Waals surface area contributed by atoms with E-state index in [2.05, 4.69) is 39.7 Å². The Balaban J connectivity index is 1.32. The van der Waals surface area contributed by atoms with Crippen molar-refractivity contribution in [1.82, 2.24) is 19.8 Å². The van der Waals surface area contributed by atoms with Crippen LogP contribution in [0.25, 0.3) is 10.9 Å². The van der Waals surface area contributed by atoms with Gasteiger partial charge in [-0.05, 0) is 80.8 Å². The first-order valence-corrected chi connectivity index (χ1v) is 14.5. The summed E-state index contributed by atoms with van der Waals surface area (Å²) in [5, 5.41) is 4.80. The first-order valence-electron chi connectivity index (χ1n) is 15.0. The Kier molecular flexibility index (Phi) is 7.45. The van der Waals surface area contributed by atoms with Crippen molar-refractivity contribution in [2.75, 3.05) is 43.9 Å². The minimum atomic E-state index is -0.606. The van der Waals surface area contributed by atoms with Crippen molar-refractivity contribution in [1.29, 1.82) is 0 Å². The summed E-state index contributed by atoms with van der Waals surface area (Å²) in [6.45, 7) is 6.90. The molecule has 6 rings (SSSR count). The summed E-state index contributed by atoms with van der Waals surface area (Å²) in [5.41, 5.74) is 2.23. The van der Waals surface area contributed by atoms with Crippen molar-refractivity contribution < 1.29 is 15.7 Å². The maximum atomic E-state index is 13.6. The molecule has 2 aliphatic heterocycles. The summed E-state index contributed by atoms with van der Waals surface area (Å²) >= 11 is 0. The largest absolute Gasteiger partial charge is 0.491 e. The number of carbonyl (C=O) groups is 2. The van der Waals surface area contributed by atoms with Crippen LogP contribution in [0.3, 0.4) is 0 Å². The zero-order valence-corrected chi connectivity index (χ0v) is 23.8. The fraction of sp³-hybridized carbons (Fsp3) is 0.394. The molecule has 9 heteroatoms. The monoisotopic (exact) mass is 565 g/mol. The lowest BCUT2D eigenvalue weighted by atomic mass is 10.0. The van der Waals surface area contributed by atoms with Crippen LogP contribution in [0.15, 0.2) is 55.4 Å². The Bertz CT molecular complexity index is 1590. The number of carbonyl (C=O) groups excluding carboxylic acids is 2. The number of benzene rings is 2. The highest BCUT2D eigenvalue weighted by atomic mass is 16.5. The lowest BCUT2D eigenvalue weighted by Crippen LogP contribution is -2.42. The zero-order chi connectivity index (χ0) is 30.1. The quantitative estimate of drug-likeness (QED) is 0.308. The maximum absolute atomic E-state index is 13.6. The molecule has 2 saturated heterocycles. The van der Waals surface area contributed by atoms with E-state index in [1.807, 2.05) is 0 Å². The number of amides is 2. The van der Waals surface area contributed by atoms with E-state index in [1.54, 1.807) is 41.3 Å². The van der Waals surface area contributed by atoms with Gasteiger partial charge in [0, 0.05) is 42.3 Å². The van der Waals surface area contributed by atoms with Gasteiger partial charge in [-0.15, -0.1) is 6.42 Å². The van der Waals surface area contributed by atoms with Gasteiger partial charge in [0.1, 0.15) is 23.9 Å². The molecule has 2 aromatic carbocycles. The summed E-state index contributed by atoms with van der Waals surface area (Å²) in [7, 11) is 2.18. The molecule has 42 heavy (non-hydrogen) atoms. The van der Waals surface area contributed by atoms with Crippen LogP contribution in [-0.4, -0.2) is 70.9 Å². The molecule has 1 aliphatic carbocycles. The van der Waals surface area contributed by atoms with Crippen LogP contribution in [0, 0.1) is 30.1 Å². The van der Waals surface area contributed by atoms with E-state index in [-0.39, 0.29) is 11.8 Å². The fourth-order valence-electron chi connectivity index (χ4n) is 6.80. The van der Waals surface area contributed by atoms with E-state index < -0.39 is 6.04 Å². The van der Waals surface area contributed by atoms with Gasteiger partial charge in [-0.3, -0.25) is 9.59 Å². The summed E-state index contributed by atoms with van der Waals surface area (Å²) in [6.07, 6.45) is 11.8. The summed E-state index contributed by atoms with van der Waals surface area (Å²) in [5.74, 6) is 4.73. The Labute approximate surface area is 247 Å². The number of ether oxygens (including phenoxy) is 1. The number of fused-ring (bicyclic) bond motifs is 2. The molecule has 3 unspecified atom stereocenters. The molecule has 3 heterocycles. The molecule has 1 saturated carbocycles. The van der Waals surface area contributed by atoms with Crippen molar-refractivity contribution in [3.63, 3.8) is 0 Å². The first kappa shape index (κ1) is 26.5. The average Bonchev–Trinajstić information content (AvgIpc) is 3.74. The smallest absolute Gasteiger partial charge is 0.247 e. The highest BCUT2D eigenvalue weighted by Gasteiger charge is 2.40. The van der Waals surface area contributed by atoms with Gasteiger partial charge in [-0.25, -0.2) is 9.97 Å². The number of rotatable bonds is 8. The summed E-state index contributed by atoms with van der Waals surface area (Å²) in [6, 6.07) is 10.1. The lowest BCUT2D eigenvalue weighted by molar-refractivity contribution is -0.132. The number of anilines is 3. The zero-order valence-electron chi connectivity index (χ0n) is 24.8. The van der Waals surface area contributed by atoms with E-state index in [0.717, 1.165) is 32.4 Å². The molecule has 3 aliphatic rings. The molecule has 216 valence electrons. The minimum absolute atomic E-state index is 0.264. The number of hydrogen-bond donors (Lipinski definition) is 2. The van der Waals surface area contributed by atoms with Gasteiger partial charge < -0.3 is 25.2 Å². The molecule has 2 N–H and O–H groups in total. The van der Waals surface area contributed by atoms with Gasteiger partial charge in [-0.2, -0.15) is 0 Å². The summed E-state index contributed by atoms with van der Waals surface area (Å²) in [4.78, 5) is 38.8. The first-order chi connectivity index (χ1) is 20.8. The molecule has 0 spiro atoms. The van der Waals surface area contributed by atoms with Crippen LogP contribution in [0.2, 0.25) is 1.41 Å². The third-order valence-corrected chi connectivity index (χ3v) is 8.74. The molecule has 0 radical (unpaired) electrons. The van der Waals surface area contributed by atoms with Crippen molar-refractivity contribution in [2.45, 2.75) is 31.7 Å².